The van der Waals surface area contributed by atoms with Gasteiger partial charge in [-0.3, -0.25) is 4.68 Å². The standard InChI is InChI=1S/C13H19F3N2O2/c14-13(15,16)9-20-8-12(19)7-10-5-6-18(17-10)11-3-1-2-4-11/h5-6,11-12,19H,1-4,7-9H2. The Morgan fingerprint density at radius 1 is 1.40 bits per heavy atom. The summed E-state index contributed by atoms with van der Waals surface area (Å²) in [5.41, 5.74) is 0.681. The molecule has 1 saturated carbocycles. The predicted octanol–water partition coefficient (Wildman–Crippen LogP) is 2.48. The smallest absolute Gasteiger partial charge is 0.390 e. The van der Waals surface area contributed by atoms with Crippen LogP contribution in [0.1, 0.15) is 37.4 Å². The number of hydrogen-bond acceptors (Lipinski definition) is 3. The SMILES string of the molecule is OC(COCC(F)(F)F)Cc1ccn(C2CCCC2)n1. The van der Waals surface area contributed by atoms with Crippen LogP contribution >= 0.6 is 0 Å². The van der Waals surface area contributed by atoms with Crippen molar-refractivity contribution >= 4 is 0 Å². The number of rotatable bonds is 6. The molecule has 4 nitrogen and oxygen atoms in total. The van der Waals surface area contributed by atoms with Crippen molar-refractivity contribution in [3.8, 4) is 0 Å². The number of aliphatic hydroxyl groups excluding tert-OH is 1. The van der Waals surface area contributed by atoms with E-state index in [4.69, 9.17) is 0 Å². The molecule has 0 radical (unpaired) electrons. The average molecular weight is 292 g/mol. The molecule has 1 aromatic heterocycles. The van der Waals surface area contributed by atoms with Crippen molar-refractivity contribution in [2.75, 3.05) is 13.2 Å². The van der Waals surface area contributed by atoms with Crippen molar-refractivity contribution < 1.29 is 23.0 Å². The van der Waals surface area contributed by atoms with E-state index in [1.807, 2.05) is 10.9 Å². The minimum absolute atomic E-state index is 0.206. The Morgan fingerprint density at radius 2 is 2.10 bits per heavy atom. The van der Waals surface area contributed by atoms with E-state index >= 15 is 0 Å². The van der Waals surface area contributed by atoms with E-state index in [2.05, 4.69) is 9.84 Å². The zero-order valence-corrected chi connectivity index (χ0v) is 11.1. The molecule has 1 heterocycles. The van der Waals surface area contributed by atoms with E-state index in [0.717, 1.165) is 12.8 Å². The van der Waals surface area contributed by atoms with Crippen LogP contribution in [-0.4, -0.2) is 40.4 Å². The molecule has 114 valence electrons. The first-order valence-corrected chi connectivity index (χ1v) is 6.80. The van der Waals surface area contributed by atoms with Gasteiger partial charge in [0.05, 0.1) is 24.4 Å². The summed E-state index contributed by atoms with van der Waals surface area (Å²) >= 11 is 0. The third-order valence-corrected chi connectivity index (χ3v) is 3.38. The molecule has 1 aliphatic carbocycles. The molecule has 0 saturated heterocycles. The summed E-state index contributed by atoms with van der Waals surface area (Å²) in [6.45, 7) is -1.67. The molecule has 1 N–H and O–H groups in total. The maximum atomic E-state index is 11.9. The molecule has 20 heavy (non-hydrogen) atoms. The molecule has 0 amide bonds. The van der Waals surface area contributed by atoms with E-state index in [0.29, 0.717) is 11.7 Å². The Hall–Kier alpha value is -1.08. The fourth-order valence-corrected chi connectivity index (χ4v) is 2.47. The molecule has 1 atom stereocenters. The second kappa shape index (κ2) is 6.58. The summed E-state index contributed by atoms with van der Waals surface area (Å²) in [4.78, 5) is 0. The van der Waals surface area contributed by atoms with Crippen LogP contribution in [0.5, 0.6) is 0 Å². The van der Waals surface area contributed by atoms with Gasteiger partial charge in [0.15, 0.2) is 0 Å². The van der Waals surface area contributed by atoms with Gasteiger partial charge in [0.25, 0.3) is 0 Å². The molecular formula is C13H19F3N2O2. The van der Waals surface area contributed by atoms with Crippen LogP contribution in [0.25, 0.3) is 0 Å². The number of aliphatic hydroxyl groups is 1. The monoisotopic (exact) mass is 292 g/mol. The number of ether oxygens (including phenoxy) is 1. The van der Waals surface area contributed by atoms with Crippen molar-refractivity contribution in [2.24, 2.45) is 0 Å². The van der Waals surface area contributed by atoms with Gasteiger partial charge in [-0.2, -0.15) is 18.3 Å². The highest BCUT2D eigenvalue weighted by Crippen LogP contribution is 2.28. The highest BCUT2D eigenvalue weighted by atomic mass is 19.4. The minimum atomic E-state index is -4.36. The fourth-order valence-electron chi connectivity index (χ4n) is 2.47. The van der Waals surface area contributed by atoms with E-state index in [-0.39, 0.29) is 13.0 Å². The quantitative estimate of drug-likeness (QED) is 0.876. The Kier molecular flexibility index (Phi) is 5.04. The largest absolute Gasteiger partial charge is 0.411 e. The summed E-state index contributed by atoms with van der Waals surface area (Å²) in [6, 6.07) is 2.22. The maximum Gasteiger partial charge on any atom is 0.411 e. The van der Waals surface area contributed by atoms with E-state index in [1.54, 1.807) is 6.07 Å². The third kappa shape index (κ3) is 4.79. The molecule has 1 fully saturated rings. The summed E-state index contributed by atoms with van der Waals surface area (Å²) in [5.74, 6) is 0. The second-order valence-electron chi connectivity index (χ2n) is 5.21. The third-order valence-electron chi connectivity index (χ3n) is 3.38. The van der Waals surface area contributed by atoms with Crippen molar-refractivity contribution in [3.05, 3.63) is 18.0 Å². The average Bonchev–Trinajstić information content (AvgIpc) is 2.96. The van der Waals surface area contributed by atoms with Crippen molar-refractivity contribution in [3.63, 3.8) is 0 Å². The van der Waals surface area contributed by atoms with Gasteiger partial charge in [-0.25, -0.2) is 0 Å². The Bertz CT molecular complexity index is 414. The number of aromatic nitrogens is 2. The van der Waals surface area contributed by atoms with Gasteiger partial charge in [0.2, 0.25) is 0 Å². The van der Waals surface area contributed by atoms with Crippen LogP contribution in [0.2, 0.25) is 0 Å². The van der Waals surface area contributed by atoms with Gasteiger partial charge in [-0.1, -0.05) is 12.8 Å². The Labute approximate surface area is 115 Å². The molecular weight excluding hydrogens is 273 g/mol. The Balaban J connectivity index is 1.75. The van der Waals surface area contributed by atoms with Gasteiger partial charge < -0.3 is 9.84 Å². The predicted molar refractivity (Wildman–Crippen MR) is 66.3 cm³/mol. The lowest BCUT2D eigenvalue weighted by Gasteiger charge is -2.12. The Morgan fingerprint density at radius 3 is 2.75 bits per heavy atom. The molecule has 0 bridgehead atoms. The lowest BCUT2D eigenvalue weighted by Crippen LogP contribution is -2.24. The van der Waals surface area contributed by atoms with E-state index < -0.39 is 18.9 Å². The van der Waals surface area contributed by atoms with E-state index in [1.165, 1.54) is 12.8 Å². The van der Waals surface area contributed by atoms with E-state index in [9.17, 15) is 18.3 Å². The second-order valence-corrected chi connectivity index (χ2v) is 5.21. The summed E-state index contributed by atoms with van der Waals surface area (Å²) in [5, 5.41) is 14.0. The van der Waals surface area contributed by atoms with Crippen LogP contribution in [0.15, 0.2) is 12.3 Å². The van der Waals surface area contributed by atoms with Crippen molar-refractivity contribution in [1.29, 1.82) is 0 Å². The molecule has 1 unspecified atom stereocenters. The van der Waals surface area contributed by atoms with Crippen molar-refractivity contribution in [1.82, 2.24) is 9.78 Å². The normalized spacial score (nSPS) is 18.6. The number of hydrogen-bond donors (Lipinski definition) is 1. The fraction of sp³-hybridized carbons (Fsp3) is 0.769. The molecule has 0 aliphatic heterocycles. The van der Waals surface area contributed by atoms with Gasteiger partial charge in [-0.15, -0.1) is 0 Å². The van der Waals surface area contributed by atoms with Gasteiger partial charge in [0.1, 0.15) is 6.61 Å². The van der Waals surface area contributed by atoms with Crippen molar-refractivity contribution in [2.45, 2.75) is 50.4 Å². The highest BCUT2D eigenvalue weighted by Gasteiger charge is 2.27. The first kappa shape index (κ1) is 15.3. The molecule has 7 heteroatoms. The summed E-state index contributed by atoms with van der Waals surface area (Å²) in [7, 11) is 0. The van der Waals surface area contributed by atoms with Crippen LogP contribution in [-0.2, 0) is 11.2 Å². The maximum absolute atomic E-state index is 11.9. The van der Waals surface area contributed by atoms with Gasteiger partial charge >= 0.3 is 6.18 Å². The molecule has 0 spiro atoms. The number of nitrogens with zero attached hydrogens (tertiary/aromatic N) is 2. The van der Waals surface area contributed by atoms with Crippen LogP contribution < -0.4 is 0 Å². The molecule has 1 aromatic rings. The van der Waals surface area contributed by atoms with Crippen LogP contribution in [0.4, 0.5) is 13.2 Å². The molecule has 0 aromatic carbocycles. The zero-order chi connectivity index (χ0) is 14.6. The minimum Gasteiger partial charge on any atom is -0.390 e. The topological polar surface area (TPSA) is 47.3 Å². The lowest BCUT2D eigenvalue weighted by atomic mass is 10.2. The van der Waals surface area contributed by atoms with Gasteiger partial charge in [-0.05, 0) is 18.9 Å². The summed E-state index contributed by atoms with van der Waals surface area (Å²) < 4.78 is 42.0. The van der Waals surface area contributed by atoms with Crippen LogP contribution in [0, 0.1) is 0 Å². The van der Waals surface area contributed by atoms with Gasteiger partial charge in [0, 0.05) is 12.6 Å². The first-order chi connectivity index (χ1) is 9.44. The lowest BCUT2D eigenvalue weighted by molar-refractivity contribution is -0.179. The number of alkyl halides is 3. The van der Waals surface area contributed by atoms with Crippen LogP contribution in [0.3, 0.4) is 0 Å². The number of halogens is 3. The zero-order valence-electron chi connectivity index (χ0n) is 11.1. The first-order valence-electron chi connectivity index (χ1n) is 6.80. The highest BCUT2D eigenvalue weighted by molar-refractivity contribution is 5.01. The molecule has 1 aliphatic rings. The summed E-state index contributed by atoms with van der Waals surface area (Å²) in [6.07, 6.45) is 1.37. The molecule has 2 rings (SSSR count).